The Morgan fingerprint density at radius 3 is 2.39 bits per heavy atom. The van der Waals surface area contributed by atoms with Crippen molar-refractivity contribution < 1.29 is 4.39 Å². The van der Waals surface area contributed by atoms with Gasteiger partial charge in [0.2, 0.25) is 0 Å². The van der Waals surface area contributed by atoms with Gasteiger partial charge in [0.25, 0.3) is 0 Å². The first-order valence-electron chi connectivity index (χ1n) is 6.32. The molecule has 2 aromatic rings. The highest BCUT2D eigenvalue weighted by Crippen LogP contribution is 2.53. The fourth-order valence-corrected chi connectivity index (χ4v) is 2.67. The van der Waals surface area contributed by atoms with Gasteiger partial charge < -0.3 is 5.73 Å². The van der Waals surface area contributed by atoms with Crippen LogP contribution in [0.25, 0.3) is 0 Å². The zero-order chi connectivity index (χ0) is 12.5. The van der Waals surface area contributed by atoms with Gasteiger partial charge in [0.15, 0.2) is 0 Å². The van der Waals surface area contributed by atoms with E-state index in [-0.39, 0.29) is 11.9 Å². The first kappa shape index (κ1) is 11.4. The molecule has 1 saturated carbocycles. The molecule has 18 heavy (non-hydrogen) atoms. The monoisotopic (exact) mass is 241 g/mol. The van der Waals surface area contributed by atoms with E-state index in [4.69, 9.17) is 5.73 Å². The third-order valence-electron chi connectivity index (χ3n) is 3.79. The second-order valence-corrected chi connectivity index (χ2v) is 4.96. The molecule has 0 saturated heterocycles. The Labute approximate surface area is 106 Å². The molecule has 1 aliphatic carbocycles. The highest BCUT2D eigenvalue weighted by molar-refractivity contribution is 5.30. The summed E-state index contributed by atoms with van der Waals surface area (Å²) in [5.74, 6) is 0.661. The van der Waals surface area contributed by atoms with E-state index in [1.54, 1.807) is 12.1 Å². The Hall–Kier alpha value is -1.67. The SMILES string of the molecule is NC(c1ccccc1F)C1CC1c1ccccc1. The first-order chi connectivity index (χ1) is 8.77. The normalized spacial score (nSPS) is 23.7. The molecule has 2 heteroatoms. The van der Waals surface area contributed by atoms with E-state index in [0.717, 1.165) is 6.42 Å². The van der Waals surface area contributed by atoms with Crippen LogP contribution in [0.2, 0.25) is 0 Å². The minimum atomic E-state index is -0.198. The Kier molecular flexibility index (Phi) is 2.88. The van der Waals surface area contributed by atoms with Crippen LogP contribution in [0.4, 0.5) is 4.39 Å². The van der Waals surface area contributed by atoms with E-state index in [1.807, 2.05) is 24.3 Å². The fraction of sp³-hybridized carbons (Fsp3) is 0.250. The Morgan fingerprint density at radius 1 is 1.00 bits per heavy atom. The summed E-state index contributed by atoms with van der Waals surface area (Å²) in [5.41, 5.74) is 8.14. The van der Waals surface area contributed by atoms with Crippen molar-refractivity contribution in [2.75, 3.05) is 0 Å². The van der Waals surface area contributed by atoms with Gasteiger partial charge in [-0.25, -0.2) is 4.39 Å². The maximum Gasteiger partial charge on any atom is 0.127 e. The van der Waals surface area contributed by atoms with Crippen LogP contribution in [-0.2, 0) is 0 Å². The number of rotatable bonds is 3. The number of benzene rings is 2. The second kappa shape index (κ2) is 4.54. The quantitative estimate of drug-likeness (QED) is 0.872. The Balaban J connectivity index is 1.77. The fourth-order valence-electron chi connectivity index (χ4n) is 2.67. The van der Waals surface area contributed by atoms with Gasteiger partial charge in [0.1, 0.15) is 5.82 Å². The third kappa shape index (κ3) is 2.04. The largest absolute Gasteiger partial charge is 0.324 e. The highest BCUT2D eigenvalue weighted by Gasteiger charge is 2.43. The predicted molar refractivity (Wildman–Crippen MR) is 70.6 cm³/mol. The smallest absolute Gasteiger partial charge is 0.127 e. The summed E-state index contributed by atoms with van der Waals surface area (Å²) in [6.45, 7) is 0. The maximum atomic E-state index is 13.7. The summed E-state index contributed by atoms with van der Waals surface area (Å²) in [6, 6.07) is 17.0. The lowest BCUT2D eigenvalue weighted by Gasteiger charge is -2.12. The van der Waals surface area contributed by atoms with Crippen molar-refractivity contribution in [2.24, 2.45) is 11.7 Å². The summed E-state index contributed by atoms with van der Waals surface area (Å²) in [5, 5.41) is 0. The van der Waals surface area contributed by atoms with Gasteiger partial charge >= 0.3 is 0 Å². The third-order valence-corrected chi connectivity index (χ3v) is 3.79. The van der Waals surface area contributed by atoms with Crippen LogP contribution >= 0.6 is 0 Å². The molecule has 0 heterocycles. The summed E-state index contributed by atoms with van der Waals surface area (Å²) in [4.78, 5) is 0. The lowest BCUT2D eigenvalue weighted by Crippen LogP contribution is -2.15. The van der Waals surface area contributed by atoms with Crippen LogP contribution in [0.1, 0.15) is 29.5 Å². The summed E-state index contributed by atoms with van der Waals surface area (Å²) < 4.78 is 13.7. The first-order valence-corrected chi connectivity index (χ1v) is 6.32. The van der Waals surface area contributed by atoms with Crippen LogP contribution in [0.5, 0.6) is 0 Å². The number of nitrogens with two attached hydrogens (primary N) is 1. The Morgan fingerprint density at radius 2 is 1.67 bits per heavy atom. The molecule has 3 rings (SSSR count). The molecule has 0 aromatic heterocycles. The molecule has 1 nitrogen and oxygen atoms in total. The molecular weight excluding hydrogens is 225 g/mol. The van der Waals surface area contributed by atoms with Gasteiger partial charge in [-0.3, -0.25) is 0 Å². The molecule has 0 amide bonds. The lowest BCUT2D eigenvalue weighted by molar-refractivity contribution is 0.547. The van der Waals surface area contributed by atoms with Crippen LogP contribution < -0.4 is 5.73 Å². The average molecular weight is 241 g/mol. The summed E-state index contributed by atoms with van der Waals surface area (Å²) >= 11 is 0. The summed E-state index contributed by atoms with van der Waals surface area (Å²) in [6.07, 6.45) is 1.06. The predicted octanol–water partition coefficient (Wildman–Crippen LogP) is 3.63. The molecule has 3 atom stereocenters. The van der Waals surface area contributed by atoms with Crippen molar-refractivity contribution >= 4 is 0 Å². The van der Waals surface area contributed by atoms with E-state index in [2.05, 4.69) is 12.1 Å². The van der Waals surface area contributed by atoms with Gasteiger partial charge in [0, 0.05) is 11.6 Å². The molecular formula is C16H16FN. The molecule has 0 spiro atoms. The van der Waals surface area contributed by atoms with E-state index >= 15 is 0 Å². The zero-order valence-corrected chi connectivity index (χ0v) is 10.1. The zero-order valence-electron chi connectivity index (χ0n) is 10.1. The van der Waals surface area contributed by atoms with Gasteiger partial charge in [-0.1, -0.05) is 48.5 Å². The molecule has 2 aromatic carbocycles. The standard InChI is InChI=1S/C16H16FN/c17-15-9-5-4-8-12(15)16(18)14-10-13(14)11-6-2-1-3-7-11/h1-9,13-14,16H,10,18H2. The molecule has 1 aliphatic rings. The highest BCUT2D eigenvalue weighted by atomic mass is 19.1. The van der Waals surface area contributed by atoms with Gasteiger partial charge in [-0.05, 0) is 29.9 Å². The van der Waals surface area contributed by atoms with Crippen molar-refractivity contribution in [1.29, 1.82) is 0 Å². The van der Waals surface area contributed by atoms with Crippen molar-refractivity contribution in [1.82, 2.24) is 0 Å². The van der Waals surface area contributed by atoms with E-state index < -0.39 is 0 Å². The minimum absolute atomic E-state index is 0.191. The molecule has 1 fully saturated rings. The lowest BCUT2D eigenvalue weighted by atomic mass is 9.99. The van der Waals surface area contributed by atoms with E-state index in [1.165, 1.54) is 11.6 Å². The van der Waals surface area contributed by atoms with Gasteiger partial charge in [-0.2, -0.15) is 0 Å². The van der Waals surface area contributed by atoms with Crippen LogP contribution in [-0.4, -0.2) is 0 Å². The van der Waals surface area contributed by atoms with Gasteiger partial charge in [-0.15, -0.1) is 0 Å². The number of hydrogen-bond acceptors (Lipinski definition) is 1. The number of hydrogen-bond donors (Lipinski definition) is 1. The van der Waals surface area contributed by atoms with Crippen molar-refractivity contribution in [3.05, 3.63) is 71.5 Å². The minimum Gasteiger partial charge on any atom is -0.324 e. The molecule has 0 aliphatic heterocycles. The maximum absolute atomic E-state index is 13.7. The molecule has 92 valence electrons. The van der Waals surface area contributed by atoms with Crippen molar-refractivity contribution in [3.8, 4) is 0 Å². The number of halogens is 1. The molecule has 0 bridgehead atoms. The van der Waals surface area contributed by atoms with Crippen molar-refractivity contribution in [3.63, 3.8) is 0 Å². The average Bonchev–Trinajstić information content (AvgIpc) is 3.20. The summed E-state index contributed by atoms with van der Waals surface area (Å²) in [7, 11) is 0. The van der Waals surface area contributed by atoms with Crippen molar-refractivity contribution in [2.45, 2.75) is 18.4 Å². The van der Waals surface area contributed by atoms with Gasteiger partial charge in [0.05, 0.1) is 0 Å². The molecule has 2 N–H and O–H groups in total. The molecule has 0 radical (unpaired) electrons. The topological polar surface area (TPSA) is 26.0 Å². The second-order valence-electron chi connectivity index (χ2n) is 4.96. The van der Waals surface area contributed by atoms with E-state index in [0.29, 0.717) is 17.4 Å². The van der Waals surface area contributed by atoms with Crippen LogP contribution in [0.3, 0.4) is 0 Å². The van der Waals surface area contributed by atoms with Crippen LogP contribution in [0, 0.1) is 11.7 Å². The Bertz CT molecular complexity index is 538. The van der Waals surface area contributed by atoms with Crippen LogP contribution in [0.15, 0.2) is 54.6 Å². The molecule has 3 unspecified atom stereocenters. The van der Waals surface area contributed by atoms with E-state index in [9.17, 15) is 4.39 Å².